The molecule has 0 aliphatic heterocycles. The summed E-state index contributed by atoms with van der Waals surface area (Å²) in [7, 11) is 3.30. The van der Waals surface area contributed by atoms with Crippen molar-refractivity contribution in [2.45, 2.75) is 6.42 Å². The van der Waals surface area contributed by atoms with Crippen molar-refractivity contribution in [1.82, 2.24) is 15.1 Å². The molecule has 1 amide bonds. The second-order valence-electron chi connectivity index (χ2n) is 3.07. The number of rotatable bonds is 5. The number of carbonyl (C=O) groups is 1. The standard InChI is InChI=1S/C9H14ClN3O2/c1-13-8(7(10)6-12-13)9(14)11-4-3-5-15-2/h6H,3-5H2,1-2H3,(H,11,14). The van der Waals surface area contributed by atoms with Gasteiger partial charge in [-0.2, -0.15) is 5.10 Å². The fourth-order valence-corrected chi connectivity index (χ4v) is 1.42. The summed E-state index contributed by atoms with van der Waals surface area (Å²) < 4.78 is 6.32. The summed E-state index contributed by atoms with van der Waals surface area (Å²) in [6.45, 7) is 1.19. The quantitative estimate of drug-likeness (QED) is 0.764. The number of methoxy groups -OCH3 is 1. The van der Waals surface area contributed by atoms with E-state index in [2.05, 4.69) is 10.4 Å². The maximum atomic E-state index is 11.6. The maximum absolute atomic E-state index is 11.6. The molecule has 5 nitrogen and oxygen atoms in total. The van der Waals surface area contributed by atoms with E-state index in [0.29, 0.717) is 23.9 Å². The smallest absolute Gasteiger partial charge is 0.271 e. The molecule has 0 saturated carbocycles. The van der Waals surface area contributed by atoms with Crippen LogP contribution in [-0.4, -0.2) is 35.9 Å². The van der Waals surface area contributed by atoms with Gasteiger partial charge >= 0.3 is 0 Å². The summed E-state index contributed by atoms with van der Waals surface area (Å²) in [4.78, 5) is 11.6. The van der Waals surface area contributed by atoms with Crippen LogP contribution in [-0.2, 0) is 11.8 Å². The van der Waals surface area contributed by atoms with Gasteiger partial charge in [0.1, 0.15) is 5.69 Å². The summed E-state index contributed by atoms with van der Waals surface area (Å²) >= 11 is 5.81. The zero-order valence-electron chi connectivity index (χ0n) is 8.79. The van der Waals surface area contributed by atoms with Gasteiger partial charge < -0.3 is 10.1 Å². The van der Waals surface area contributed by atoms with Crippen LogP contribution in [0.4, 0.5) is 0 Å². The van der Waals surface area contributed by atoms with Crippen LogP contribution >= 0.6 is 11.6 Å². The van der Waals surface area contributed by atoms with Gasteiger partial charge in [0, 0.05) is 27.3 Å². The van der Waals surface area contributed by atoms with E-state index in [1.54, 1.807) is 14.2 Å². The highest BCUT2D eigenvalue weighted by Gasteiger charge is 2.14. The molecule has 0 aliphatic rings. The fourth-order valence-electron chi connectivity index (χ4n) is 1.17. The second kappa shape index (κ2) is 5.72. The van der Waals surface area contributed by atoms with Gasteiger partial charge in [-0.25, -0.2) is 0 Å². The minimum Gasteiger partial charge on any atom is -0.385 e. The Labute approximate surface area is 93.4 Å². The van der Waals surface area contributed by atoms with E-state index in [0.717, 1.165) is 6.42 Å². The van der Waals surface area contributed by atoms with Gasteiger partial charge in [0.15, 0.2) is 0 Å². The molecule has 0 spiro atoms. The molecule has 0 saturated heterocycles. The Hall–Kier alpha value is -1.07. The molecule has 0 bridgehead atoms. The van der Waals surface area contributed by atoms with Gasteiger partial charge in [-0.1, -0.05) is 11.6 Å². The van der Waals surface area contributed by atoms with Crippen LogP contribution in [0.3, 0.4) is 0 Å². The van der Waals surface area contributed by atoms with Crippen LogP contribution in [0.5, 0.6) is 0 Å². The summed E-state index contributed by atoms with van der Waals surface area (Å²) in [5.41, 5.74) is 0.383. The van der Waals surface area contributed by atoms with E-state index in [9.17, 15) is 4.79 Å². The minimum atomic E-state index is -0.212. The molecule has 6 heteroatoms. The van der Waals surface area contributed by atoms with Crippen LogP contribution in [0.25, 0.3) is 0 Å². The number of aromatic nitrogens is 2. The monoisotopic (exact) mass is 231 g/mol. The molecule has 0 unspecified atom stereocenters. The van der Waals surface area contributed by atoms with Gasteiger partial charge in [0.05, 0.1) is 11.2 Å². The number of ether oxygens (including phenoxy) is 1. The van der Waals surface area contributed by atoms with Crippen LogP contribution < -0.4 is 5.32 Å². The number of nitrogens with zero attached hydrogens (tertiary/aromatic N) is 2. The van der Waals surface area contributed by atoms with E-state index in [4.69, 9.17) is 16.3 Å². The summed E-state index contributed by atoms with van der Waals surface area (Å²) in [5, 5.41) is 6.98. The molecular weight excluding hydrogens is 218 g/mol. The molecule has 1 rings (SSSR count). The molecule has 1 N–H and O–H groups in total. The van der Waals surface area contributed by atoms with Gasteiger partial charge in [-0.15, -0.1) is 0 Å². The summed E-state index contributed by atoms with van der Waals surface area (Å²) in [6, 6.07) is 0. The lowest BCUT2D eigenvalue weighted by atomic mass is 10.3. The van der Waals surface area contributed by atoms with Crippen molar-refractivity contribution in [2.75, 3.05) is 20.3 Å². The van der Waals surface area contributed by atoms with Crippen LogP contribution in [0.1, 0.15) is 16.9 Å². The number of carbonyl (C=O) groups excluding carboxylic acids is 1. The average Bonchev–Trinajstić information content (AvgIpc) is 2.53. The molecule has 0 aliphatic carbocycles. The van der Waals surface area contributed by atoms with Crippen molar-refractivity contribution in [3.05, 3.63) is 16.9 Å². The third-order valence-electron chi connectivity index (χ3n) is 1.92. The molecule has 15 heavy (non-hydrogen) atoms. The predicted molar refractivity (Wildman–Crippen MR) is 57.0 cm³/mol. The molecule has 0 atom stereocenters. The predicted octanol–water partition coefficient (Wildman–Crippen LogP) is 0.840. The van der Waals surface area contributed by atoms with Crippen LogP contribution in [0.15, 0.2) is 6.20 Å². The van der Waals surface area contributed by atoms with E-state index >= 15 is 0 Å². The minimum absolute atomic E-state index is 0.212. The molecule has 0 radical (unpaired) electrons. The first-order chi connectivity index (χ1) is 7.16. The van der Waals surface area contributed by atoms with E-state index in [1.807, 2.05) is 0 Å². The highest BCUT2D eigenvalue weighted by molar-refractivity contribution is 6.33. The number of nitrogens with one attached hydrogen (secondary N) is 1. The Kier molecular flexibility index (Phi) is 4.58. The average molecular weight is 232 g/mol. The van der Waals surface area contributed by atoms with Crippen LogP contribution in [0, 0.1) is 0 Å². The van der Waals surface area contributed by atoms with Gasteiger partial charge in [-0.3, -0.25) is 9.48 Å². The number of amides is 1. The first-order valence-electron chi connectivity index (χ1n) is 4.61. The molecule has 0 fully saturated rings. The SMILES string of the molecule is COCCCNC(=O)c1c(Cl)cnn1C. The van der Waals surface area contributed by atoms with Crippen LogP contribution in [0.2, 0.25) is 5.02 Å². The summed E-state index contributed by atoms with van der Waals surface area (Å²) in [5.74, 6) is -0.212. The zero-order chi connectivity index (χ0) is 11.3. The molecule has 1 aromatic heterocycles. The van der Waals surface area contributed by atoms with Crippen molar-refractivity contribution in [3.63, 3.8) is 0 Å². The summed E-state index contributed by atoms with van der Waals surface area (Å²) in [6.07, 6.45) is 2.23. The third kappa shape index (κ3) is 3.21. The fraction of sp³-hybridized carbons (Fsp3) is 0.556. The van der Waals surface area contributed by atoms with Crippen molar-refractivity contribution < 1.29 is 9.53 Å². The first kappa shape index (κ1) is 12.0. The van der Waals surface area contributed by atoms with Gasteiger partial charge in [0.25, 0.3) is 5.91 Å². The lowest BCUT2D eigenvalue weighted by Crippen LogP contribution is -2.27. The Morgan fingerprint density at radius 1 is 1.73 bits per heavy atom. The van der Waals surface area contributed by atoms with Crippen molar-refractivity contribution >= 4 is 17.5 Å². The molecule has 0 aromatic carbocycles. The topological polar surface area (TPSA) is 56.1 Å². The Bertz CT molecular complexity index is 319. The molecule has 1 aromatic rings. The van der Waals surface area contributed by atoms with Crippen molar-refractivity contribution in [3.8, 4) is 0 Å². The Morgan fingerprint density at radius 3 is 3.00 bits per heavy atom. The van der Waals surface area contributed by atoms with Crippen molar-refractivity contribution in [1.29, 1.82) is 0 Å². The largest absolute Gasteiger partial charge is 0.385 e. The van der Waals surface area contributed by atoms with E-state index < -0.39 is 0 Å². The zero-order valence-corrected chi connectivity index (χ0v) is 9.54. The van der Waals surface area contributed by atoms with E-state index in [1.165, 1.54) is 10.9 Å². The number of hydrogen-bond acceptors (Lipinski definition) is 3. The van der Waals surface area contributed by atoms with Crippen molar-refractivity contribution in [2.24, 2.45) is 7.05 Å². The second-order valence-corrected chi connectivity index (χ2v) is 3.47. The highest BCUT2D eigenvalue weighted by atomic mass is 35.5. The highest BCUT2D eigenvalue weighted by Crippen LogP contribution is 2.13. The van der Waals surface area contributed by atoms with Gasteiger partial charge in [-0.05, 0) is 6.42 Å². The molecular formula is C9H14ClN3O2. The number of halogens is 1. The normalized spacial score (nSPS) is 10.3. The Balaban J connectivity index is 2.47. The lowest BCUT2D eigenvalue weighted by molar-refractivity contribution is 0.0939. The molecule has 1 heterocycles. The lowest BCUT2D eigenvalue weighted by Gasteiger charge is -2.05. The first-order valence-corrected chi connectivity index (χ1v) is 4.99. The number of aryl methyl sites for hydroxylation is 1. The molecule has 84 valence electrons. The van der Waals surface area contributed by atoms with Gasteiger partial charge in [0.2, 0.25) is 0 Å². The maximum Gasteiger partial charge on any atom is 0.271 e. The number of hydrogen-bond donors (Lipinski definition) is 1. The Morgan fingerprint density at radius 2 is 2.47 bits per heavy atom. The van der Waals surface area contributed by atoms with E-state index in [-0.39, 0.29) is 5.91 Å². The third-order valence-corrected chi connectivity index (χ3v) is 2.20.